The summed E-state index contributed by atoms with van der Waals surface area (Å²) in [5.41, 5.74) is 0. The van der Waals surface area contributed by atoms with Crippen LogP contribution in [0, 0.1) is 0 Å². The van der Waals surface area contributed by atoms with Crippen molar-refractivity contribution in [2.75, 3.05) is 0 Å². The highest BCUT2D eigenvalue weighted by atomic mass is 16.4. The lowest BCUT2D eigenvalue weighted by Crippen LogP contribution is -1.93. The highest BCUT2D eigenvalue weighted by Gasteiger charge is 1.97. The fourth-order valence-electron chi connectivity index (χ4n) is 3.88. The minimum absolute atomic E-state index is 0.167. The van der Waals surface area contributed by atoms with Crippen LogP contribution in [0.1, 0.15) is 182 Å². The molecule has 5 heteroatoms. The number of hydrogen-bond donors (Lipinski definition) is 2. The Morgan fingerprint density at radius 3 is 0.722 bits per heavy atom. The fourth-order valence-corrected chi connectivity index (χ4v) is 3.88. The summed E-state index contributed by atoms with van der Waals surface area (Å²) in [5.74, 6) is -1.15. The molecule has 0 aliphatic heterocycles. The van der Waals surface area contributed by atoms with Crippen molar-refractivity contribution >= 4 is 17.7 Å². The van der Waals surface area contributed by atoms with E-state index in [9.17, 15) is 14.4 Å². The smallest absolute Gasteiger partial charge is 0.303 e. The van der Waals surface area contributed by atoms with Gasteiger partial charge in [-0.1, -0.05) is 142 Å². The summed E-state index contributed by atoms with van der Waals surface area (Å²) < 4.78 is 0. The molecule has 0 atom stereocenters. The zero-order chi connectivity index (χ0) is 27.7. The highest BCUT2D eigenvalue weighted by Crippen LogP contribution is 2.12. The molecule has 0 aliphatic carbocycles. The number of aliphatic carboxylic acids is 2. The third-order valence-corrected chi connectivity index (χ3v) is 5.99. The molecule has 0 fully saturated rings. The van der Waals surface area contributed by atoms with Gasteiger partial charge in [0.1, 0.15) is 5.78 Å². The monoisotopic (exact) mass is 514 g/mol. The van der Waals surface area contributed by atoms with Gasteiger partial charge in [-0.15, -0.1) is 0 Å². The molecule has 2 N–H and O–H groups in total. The van der Waals surface area contributed by atoms with Crippen LogP contribution in [0.15, 0.2) is 0 Å². The SMILES string of the molecule is CC(C)=O.CCCCCCCCCCCCCC(=O)O.CCCCCCCCCCCCCC(=O)O. The predicted octanol–water partition coefficient (Wildman–Crippen LogP) is 10.1. The molecular weight excluding hydrogens is 452 g/mol. The Kier molecular flexibility index (Phi) is 38.9. The number of Topliss-reactive ketones (excluding diaryl/α,β-unsaturated/α-hetero) is 1. The topological polar surface area (TPSA) is 91.7 Å². The van der Waals surface area contributed by atoms with Crippen molar-refractivity contribution in [2.24, 2.45) is 0 Å². The van der Waals surface area contributed by atoms with Gasteiger partial charge in [-0.25, -0.2) is 0 Å². The Bertz CT molecular complexity index is 422. The standard InChI is InChI=1S/2C14H28O2.C3H6O/c2*1-2-3-4-5-6-7-8-9-10-11-12-13-14(15)16;1-3(2)4/h2*2-13H2,1H3,(H,15,16);1-2H3. The van der Waals surface area contributed by atoms with Crippen LogP contribution in [-0.2, 0) is 14.4 Å². The Hall–Kier alpha value is -1.39. The first-order valence-corrected chi connectivity index (χ1v) is 15.2. The van der Waals surface area contributed by atoms with E-state index in [2.05, 4.69) is 13.8 Å². The van der Waals surface area contributed by atoms with Crippen LogP contribution in [0.25, 0.3) is 0 Å². The summed E-state index contributed by atoms with van der Waals surface area (Å²) in [6.45, 7) is 7.55. The molecule has 0 aromatic rings. The first-order valence-electron chi connectivity index (χ1n) is 15.2. The minimum atomic E-state index is -0.657. The summed E-state index contributed by atoms with van der Waals surface area (Å²) in [6.07, 6.45) is 28.7. The molecular formula is C31H62O5. The van der Waals surface area contributed by atoms with Gasteiger partial charge in [0.05, 0.1) is 0 Å². The predicted molar refractivity (Wildman–Crippen MR) is 154 cm³/mol. The molecule has 0 aromatic carbocycles. The summed E-state index contributed by atoms with van der Waals surface area (Å²) in [7, 11) is 0. The van der Waals surface area contributed by atoms with Gasteiger partial charge in [-0.3, -0.25) is 9.59 Å². The van der Waals surface area contributed by atoms with Gasteiger partial charge in [-0.2, -0.15) is 0 Å². The lowest BCUT2D eigenvalue weighted by atomic mass is 10.1. The number of carboxylic acid groups (broad SMARTS) is 2. The number of unbranched alkanes of at least 4 members (excludes halogenated alkanes) is 20. The van der Waals surface area contributed by atoms with Crippen LogP contribution in [0.3, 0.4) is 0 Å². The zero-order valence-electron chi connectivity index (χ0n) is 24.6. The van der Waals surface area contributed by atoms with Crippen molar-refractivity contribution < 1.29 is 24.6 Å². The van der Waals surface area contributed by atoms with Crippen molar-refractivity contribution in [1.82, 2.24) is 0 Å². The van der Waals surface area contributed by atoms with Crippen molar-refractivity contribution in [3.63, 3.8) is 0 Å². The zero-order valence-corrected chi connectivity index (χ0v) is 24.6. The van der Waals surface area contributed by atoms with E-state index >= 15 is 0 Å². The van der Waals surface area contributed by atoms with Gasteiger partial charge in [0.25, 0.3) is 0 Å². The third-order valence-electron chi connectivity index (χ3n) is 5.99. The van der Waals surface area contributed by atoms with E-state index in [0.717, 1.165) is 25.7 Å². The van der Waals surface area contributed by atoms with Crippen molar-refractivity contribution in [3.05, 3.63) is 0 Å². The molecule has 0 unspecified atom stereocenters. The first-order chi connectivity index (χ1) is 17.3. The third kappa shape index (κ3) is 53.8. The molecule has 36 heavy (non-hydrogen) atoms. The quantitative estimate of drug-likeness (QED) is 0.125. The van der Waals surface area contributed by atoms with Crippen molar-refractivity contribution in [3.8, 4) is 0 Å². The summed E-state index contributed by atoms with van der Waals surface area (Å²) in [5, 5.41) is 16.9. The summed E-state index contributed by atoms with van der Waals surface area (Å²) >= 11 is 0. The maximum atomic E-state index is 10.3. The molecule has 0 saturated carbocycles. The second kappa shape index (κ2) is 35.8. The summed E-state index contributed by atoms with van der Waals surface area (Å²) in [4.78, 5) is 30.0. The first kappa shape index (κ1) is 39.1. The Morgan fingerprint density at radius 2 is 0.556 bits per heavy atom. The van der Waals surface area contributed by atoms with E-state index < -0.39 is 11.9 Å². The van der Waals surface area contributed by atoms with E-state index in [4.69, 9.17) is 10.2 Å². The average Bonchev–Trinajstić information content (AvgIpc) is 2.81. The largest absolute Gasteiger partial charge is 0.481 e. The van der Waals surface area contributed by atoms with E-state index in [1.807, 2.05) is 0 Å². The van der Waals surface area contributed by atoms with E-state index in [1.165, 1.54) is 129 Å². The minimum Gasteiger partial charge on any atom is -0.481 e. The fraction of sp³-hybridized carbons (Fsp3) is 0.903. The number of carbonyl (C=O) groups excluding carboxylic acids is 1. The molecule has 0 saturated heterocycles. The lowest BCUT2D eigenvalue weighted by Gasteiger charge is -2.01. The second-order valence-electron chi connectivity index (χ2n) is 10.3. The van der Waals surface area contributed by atoms with Crippen molar-refractivity contribution in [2.45, 2.75) is 182 Å². The number of carbonyl (C=O) groups is 3. The van der Waals surface area contributed by atoms with Gasteiger partial charge in [0.2, 0.25) is 0 Å². The molecule has 0 aromatic heterocycles. The Morgan fingerprint density at radius 1 is 0.389 bits per heavy atom. The van der Waals surface area contributed by atoms with Crippen LogP contribution >= 0.6 is 0 Å². The van der Waals surface area contributed by atoms with Crippen molar-refractivity contribution in [1.29, 1.82) is 0 Å². The number of hydrogen-bond acceptors (Lipinski definition) is 3. The lowest BCUT2D eigenvalue weighted by molar-refractivity contribution is -0.138. The van der Waals surface area contributed by atoms with Crippen LogP contribution in [-0.4, -0.2) is 27.9 Å². The van der Waals surface area contributed by atoms with Gasteiger partial charge >= 0.3 is 11.9 Å². The normalized spacial score (nSPS) is 10.1. The van der Waals surface area contributed by atoms with Gasteiger partial charge < -0.3 is 15.0 Å². The van der Waals surface area contributed by atoms with E-state index in [-0.39, 0.29) is 5.78 Å². The number of ketones is 1. The van der Waals surface area contributed by atoms with Crippen LogP contribution < -0.4 is 0 Å². The Labute approximate surface area is 224 Å². The molecule has 0 aliphatic rings. The molecule has 5 nitrogen and oxygen atoms in total. The maximum Gasteiger partial charge on any atom is 0.303 e. The van der Waals surface area contributed by atoms with E-state index in [1.54, 1.807) is 0 Å². The molecule has 0 spiro atoms. The van der Waals surface area contributed by atoms with Gasteiger partial charge in [-0.05, 0) is 26.7 Å². The van der Waals surface area contributed by atoms with Crippen LogP contribution in [0.5, 0.6) is 0 Å². The molecule has 0 amide bonds. The second-order valence-corrected chi connectivity index (χ2v) is 10.3. The molecule has 0 heterocycles. The van der Waals surface area contributed by atoms with Crippen LogP contribution in [0.2, 0.25) is 0 Å². The van der Waals surface area contributed by atoms with Gasteiger partial charge in [0, 0.05) is 12.8 Å². The highest BCUT2D eigenvalue weighted by molar-refractivity contribution is 5.72. The molecule has 0 rings (SSSR count). The van der Waals surface area contributed by atoms with Crippen LogP contribution in [0.4, 0.5) is 0 Å². The molecule has 0 radical (unpaired) electrons. The molecule has 0 bridgehead atoms. The van der Waals surface area contributed by atoms with Gasteiger partial charge in [0.15, 0.2) is 0 Å². The summed E-state index contributed by atoms with van der Waals surface area (Å²) in [6, 6.07) is 0. The Balaban J connectivity index is -0.000000526. The molecule has 216 valence electrons. The number of carboxylic acids is 2. The average molecular weight is 515 g/mol. The number of rotatable bonds is 24. The maximum absolute atomic E-state index is 10.3. The van der Waals surface area contributed by atoms with E-state index in [0.29, 0.717) is 12.8 Å².